The topological polar surface area (TPSA) is 66.3 Å². The molecule has 0 spiro atoms. The normalized spacial score (nSPS) is 11.2. The van der Waals surface area contributed by atoms with Gasteiger partial charge >= 0.3 is 5.97 Å². The summed E-state index contributed by atoms with van der Waals surface area (Å²) in [6.07, 6.45) is 0.823. The van der Waals surface area contributed by atoms with Crippen molar-refractivity contribution in [2.45, 2.75) is 52.5 Å². The van der Waals surface area contributed by atoms with Crippen LogP contribution in [0.25, 0.3) is 0 Å². The maximum Gasteiger partial charge on any atom is 0.303 e. The minimum absolute atomic E-state index is 0.194. The largest absolute Gasteiger partial charge is 0.481 e. The van der Waals surface area contributed by atoms with Gasteiger partial charge in [0, 0.05) is 36.5 Å². The summed E-state index contributed by atoms with van der Waals surface area (Å²) in [6, 6.07) is 0.298. The van der Waals surface area contributed by atoms with Crippen molar-refractivity contribution in [3.63, 3.8) is 0 Å². The predicted molar refractivity (Wildman–Crippen MR) is 73.3 cm³/mol. The van der Waals surface area contributed by atoms with Crippen LogP contribution in [-0.2, 0) is 4.79 Å². The number of aliphatic carboxylic acids is 1. The summed E-state index contributed by atoms with van der Waals surface area (Å²) in [5.74, 6) is 0.431. The van der Waals surface area contributed by atoms with Crippen molar-refractivity contribution >= 4 is 22.6 Å². The first-order valence-electron chi connectivity index (χ1n) is 6.23. The molecule has 0 atom stereocenters. The molecule has 5 nitrogen and oxygen atoms in total. The van der Waals surface area contributed by atoms with Crippen LogP contribution in [-0.4, -0.2) is 33.0 Å². The number of anilines is 1. The summed E-state index contributed by atoms with van der Waals surface area (Å²) >= 11 is 1.39. The molecule has 6 heteroatoms. The third kappa shape index (κ3) is 4.25. The number of nitrogens with zero attached hydrogens (tertiary/aromatic N) is 3. The lowest BCUT2D eigenvalue weighted by molar-refractivity contribution is -0.137. The molecule has 18 heavy (non-hydrogen) atoms. The molecule has 0 unspecified atom stereocenters. The van der Waals surface area contributed by atoms with Gasteiger partial charge in [0.2, 0.25) is 5.13 Å². The number of hydrogen-bond acceptors (Lipinski definition) is 5. The van der Waals surface area contributed by atoms with Gasteiger partial charge in [0.15, 0.2) is 0 Å². The Bertz CT molecular complexity index is 390. The lowest BCUT2D eigenvalue weighted by Gasteiger charge is -2.25. The second-order valence-corrected chi connectivity index (χ2v) is 5.60. The highest BCUT2D eigenvalue weighted by atomic mass is 32.1. The molecule has 0 amide bonds. The lowest BCUT2D eigenvalue weighted by Crippen LogP contribution is -2.32. The molecule has 1 aromatic rings. The molecule has 1 N–H and O–H groups in total. The Morgan fingerprint density at radius 1 is 1.39 bits per heavy atom. The van der Waals surface area contributed by atoms with Gasteiger partial charge < -0.3 is 10.0 Å². The highest BCUT2D eigenvalue weighted by Gasteiger charge is 2.16. The molecule has 0 aromatic carbocycles. The predicted octanol–water partition coefficient (Wildman–Crippen LogP) is 2.74. The first kappa shape index (κ1) is 14.9. The Hall–Kier alpha value is -1.17. The van der Waals surface area contributed by atoms with Crippen LogP contribution in [0.15, 0.2) is 0 Å². The molecule has 0 aliphatic rings. The first-order valence-corrected chi connectivity index (χ1v) is 7.01. The zero-order valence-electron chi connectivity index (χ0n) is 11.4. The minimum Gasteiger partial charge on any atom is -0.481 e. The van der Waals surface area contributed by atoms with E-state index < -0.39 is 5.97 Å². The standard InChI is InChI=1S/C12H21N3O2S/c1-8(2)11-13-12(18-14-11)15(9(3)4)7-5-6-10(16)17/h8-9H,5-7H2,1-4H3,(H,16,17). The van der Waals surface area contributed by atoms with E-state index in [9.17, 15) is 4.79 Å². The Balaban J connectivity index is 2.68. The summed E-state index contributed by atoms with van der Waals surface area (Å²) in [5.41, 5.74) is 0. The van der Waals surface area contributed by atoms with Gasteiger partial charge in [-0.2, -0.15) is 4.37 Å². The smallest absolute Gasteiger partial charge is 0.303 e. The van der Waals surface area contributed by atoms with Crippen molar-refractivity contribution in [3.05, 3.63) is 5.82 Å². The van der Waals surface area contributed by atoms with Crippen molar-refractivity contribution in [2.75, 3.05) is 11.4 Å². The lowest BCUT2D eigenvalue weighted by atomic mass is 10.2. The van der Waals surface area contributed by atoms with Gasteiger partial charge in [-0.15, -0.1) is 0 Å². The number of carboxylic acid groups (broad SMARTS) is 1. The molecule has 0 fully saturated rings. The van der Waals surface area contributed by atoms with E-state index in [0.717, 1.165) is 11.0 Å². The average Bonchev–Trinajstić information content (AvgIpc) is 2.72. The molecule has 0 aliphatic carbocycles. The average molecular weight is 271 g/mol. The SMILES string of the molecule is CC(C)c1nsc(N(CCCC(=O)O)C(C)C)n1. The van der Waals surface area contributed by atoms with E-state index in [0.29, 0.717) is 24.9 Å². The van der Waals surface area contributed by atoms with Crippen LogP contribution in [0.5, 0.6) is 0 Å². The molecule has 1 aromatic heterocycles. The van der Waals surface area contributed by atoms with Crippen molar-refractivity contribution in [1.82, 2.24) is 9.36 Å². The van der Waals surface area contributed by atoms with Gasteiger partial charge in [0.1, 0.15) is 5.82 Å². The summed E-state index contributed by atoms with van der Waals surface area (Å²) in [4.78, 5) is 17.2. The summed E-state index contributed by atoms with van der Waals surface area (Å²) in [7, 11) is 0. The Morgan fingerprint density at radius 3 is 2.50 bits per heavy atom. The van der Waals surface area contributed by atoms with Crippen LogP contribution < -0.4 is 4.90 Å². The van der Waals surface area contributed by atoms with Crippen LogP contribution >= 0.6 is 11.5 Å². The Morgan fingerprint density at radius 2 is 2.06 bits per heavy atom. The first-order chi connectivity index (χ1) is 8.41. The number of carboxylic acids is 1. The highest BCUT2D eigenvalue weighted by Crippen LogP contribution is 2.23. The maximum absolute atomic E-state index is 10.5. The van der Waals surface area contributed by atoms with Crippen molar-refractivity contribution in [3.8, 4) is 0 Å². The Labute approximate surface area is 112 Å². The molecule has 0 saturated heterocycles. The molecule has 1 heterocycles. The fraction of sp³-hybridized carbons (Fsp3) is 0.750. The quantitative estimate of drug-likeness (QED) is 0.826. The van der Waals surface area contributed by atoms with Gasteiger partial charge in [-0.25, -0.2) is 4.98 Å². The molecule has 102 valence electrons. The van der Waals surface area contributed by atoms with Gasteiger partial charge in [0.25, 0.3) is 0 Å². The number of rotatable bonds is 7. The van der Waals surface area contributed by atoms with E-state index in [1.165, 1.54) is 11.5 Å². The summed E-state index contributed by atoms with van der Waals surface area (Å²) in [6.45, 7) is 9.00. The van der Waals surface area contributed by atoms with Crippen LogP contribution in [0.1, 0.15) is 52.3 Å². The van der Waals surface area contributed by atoms with E-state index in [1.807, 2.05) is 0 Å². The van der Waals surface area contributed by atoms with Crippen LogP contribution in [0.3, 0.4) is 0 Å². The number of aromatic nitrogens is 2. The zero-order chi connectivity index (χ0) is 13.7. The molecule has 1 rings (SSSR count). The second-order valence-electron chi connectivity index (χ2n) is 4.87. The van der Waals surface area contributed by atoms with E-state index in [2.05, 4.69) is 42.0 Å². The second kappa shape index (κ2) is 6.68. The minimum atomic E-state index is -0.751. The molecular formula is C12H21N3O2S. The van der Waals surface area contributed by atoms with Crippen LogP contribution in [0, 0.1) is 0 Å². The van der Waals surface area contributed by atoms with Crippen molar-refractivity contribution in [2.24, 2.45) is 0 Å². The molecule has 0 radical (unpaired) electrons. The molecule has 0 aliphatic heterocycles. The van der Waals surface area contributed by atoms with Crippen molar-refractivity contribution < 1.29 is 9.90 Å². The van der Waals surface area contributed by atoms with Gasteiger partial charge in [0.05, 0.1) is 0 Å². The van der Waals surface area contributed by atoms with Crippen LogP contribution in [0.2, 0.25) is 0 Å². The van der Waals surface area contributed by atoms with Gasteiger partial charge in [-0.05, 0) is 20.3 Å². The molecular weight excluding hydrogens is 250 g/mol. The monoisotopic (exact) mass is 271 g/mol. The van der Waals surface area contributed by atoms with Crippen molar-refractivity contribution in [1.29, 1.82) is 0 Å². The van der Waals surface area contributed by atoms with Crippen LogP contribution in [0.4, 0.5) is 5.13 Å². The zero-order valence-corrected chi connectivity index (χ0v) is 12.2. The molecule has 0 saturated carbocycles. The third-order valence-electron chi connectivity index (χ3n) is 2.61. The van der Waals surface area contributed by atoms with E-state index in [1.54, 1.807) is 0 Å². The maximum atomic E-state index is 10.5. The highest BCUT2D eigenvalue weighted by molar-refractivity contribution is 7.09. The van der Waals surface area contributed by atoms with E-state index in [-0.39, 0.29) is 6.42 Å². The fourth-order valence-corrected chi connectivity index (χ4v) is 2.52. The van der Waals surface area contributed by atoms with E-state index >= 15 is 0 Å². The number of carbonyl (C=O) groups is 1. The number of hydrogen-bond donors (Lipinski definition) is 1. The Kier molecular flexibility index (Phi) is 5.53. The van der Waals surface area contributed by atoms with Gasteiger partial charge in [-0.1, -0.05) is 13.8 Å². The summed E-state index contributed by atoms with van der Waals surface area (Å²) in [5, 5.41) is 9.56. The molecule has 0 bridgehead atoms. The van der Waals surface area contributed by atoms with Gasteiger partial charge in [-0.3, -0.25) is 4.79 Å². The third-order valence-corrected chi connectivity index (χ3v) is 3.37. The fourth-order valence-electron chi connectivity index (χ4n) is 1.55. The van der Waals surface area contributed by atoms with E-state index in [4.69, 9.17) is 5.11 Å². The summed E-state index contributed by atoms with van der Waals surface area (Å²) < 4.78 is 4.33.